The number of halogens is 1. The van der Waals surface area contributed by atoms with Gasteiger partial charge in [0.15, 0.2) is 0 Å². The van der Waals surface area contributed by atoms with Crippen LogP contribution in [0.4, 0.5) is 4.39 Å². The fourth-order valence-electron chi connectivity index (χ4n) is 2.80. The van der Waals surface area contributed by atoms with E-state index >= 15 is 0 Å². The quantitative estimate of drug-likeness (QED) is 0.757. The standard InChI is InChI=1S/C21H24FNO3/c1-21(2,16-9-6-10-17(22)14-16)20(26)23-18(11-12-19(24)25)13-15-7-4-3-5-8-15/h3-10,14,18H,11-13H2,1-2H3,(H,23,26)(H,24,25). The maximum absolute atomic E-state index is 13.5. The van der Waals surface area contributed by atoms with Crippen molar-refractivity contribution in [3.05, 3.63) is 71.5 Å². The van der Waals surface area contributed by atoms with E-state index in [1.54, 1.807) is 26.0 Å². The fraction of sp³-hybridized carbons (Fsp3) is 0.333. The van der Waals surface area contributed by atoms with Crippen LogP contribution in [0.5, 0.6) is 0 Å². The number of aliphatic carboxylic acids is 1. The SMILES string of the molecule is CC(C)(C(=O)NC(CCC(=O)O)Cc1ccccc1)c1cccc(F)c1. The van der Waals surface area contributed by atoms with E-state index < -0.39 is 17.2 Å². The van der Waals surface area contributed by atoms with Gasteiger partial charge in [0.1, 0.15) is 5.82 Å². The van der Waals surface area contributed by atoms with Crippen LogP contribution in [-0.2, 0) is 21.4 Å². The van der Waals surface area contributed by atoms with Crippen molar-refractivity contribution < 1.29 is 19.1 Å². The molecule has 5 heteroatoms. The van der Waals surface area contributed by atoms with Crippen LogP contribution in [0, 0.1) is 5.82 Å². The van der Waals surface area contributed by atoms with Gasteiger partial charge in [-0.05, 0) is 49.9 Å². The minimum absolute atomic E-state index is 0.0296. The Hall–Kier alpha value is -2.69. The molecule has 138 valence electrons. The van der Waals surface area contributed by atoms with Crippen LogP contribution < -0.4 is 5.32 Å². The molecule has 0 spiro atoms. The Bertz CT molecular complexity index is 759. The van der Waals surface area contributed by atoms with E-state index in [4.69, 9.17) is 5.11 Å². The number of carbonyl (C=O) groups excluding carboxylic acids is 1. The van der Waals surface area contributed by atoms with Gasteiger partial charge in [-0.15, -0.1) is 0 Å². The molecule has 0 aliphatic carbocycles. The predicted molar refractivity (Wildman–Crippen MR) is 98.4 cm³/mol. The topological polar surface area (TPSA) is 66.4 Å². The molecule has 0 aliphatic heterocycles. The Morgan fingerprint density at radius 2 is 1.81 bits per heavy atom. The Morgan fingerprint density at radius 3 is 2.42 bits per heavy atom. The average Bonchev–Trinajstić information content (AvgIpc) is 2.60. The van der Waals surface area contributed by atoms with Crippen molar-refractivity contribution in [2.45, 2.75) is 44.6 Å². The molecule has 0 heterocycles. The van der Waals surface area contributed by atoms with Crippen LogP contribution in [0.2, 0.25) is 0 Å². The van der Waals surface area contributed by atoms with Gasteiger partial charge in [0.2, 0.25) is 5.91 Å². The van der Waals surface area contributed by atoms with E-state index in [2.05, 4.69) is 5.32 Å². The van der Waals surface area contributed by atoms with Crippen molar-refractivity contribution in [1.29, 1.82) is 0 Å². The minimum atomic E-state index is -0.930. The zero-order chi connectivity index (χ0) is 19.2. The first-order chi connectivity index (χ1) is 12.3. The molecule has 0 saturated heterocycles. The van der Waals surface area contributed by atoms with Crippen molar-refractivity contribution in [2.75, 3.05) is 0 Å². The van der Waals surface area contributed by atoms with Crippen molar-refractivity contribution in [3.63, 3.8) is 0 Å². The first-order valence-corrected chi connectivity index (χ1v) is 8.62. The molecule has 0 fully saturated rings. The zero-order valence-electron chi connectivity index (χ0n) is 15.0. The Morgan fingerprint density at radius 1 is 1.12 bits per heavy atom. The molecule has 2 rings (SSSR count). The van der Waals surface area contributed by atoms with E-state index in [1.807, 2.05) is 30.3 Å². The van der Waals surface area contributed by atoms with Crippen molar-refractivity contribution in [3.8, 4) is 0 Å². The molecule has 1 amide bonds. The lowest BCUT2D eigenvalue weighted by Gasteiger charge is -2.28. The van der Waals surface area contributed by atoms with Gasteiger partial charge in [-0.2, -0.15) is 0 Å². The number of hydrogen-bond donors (Lipinski definition) is 2. The van der Waals surface area contributed by atoms with Gasteiger partial charge in [0.25, 0.3) is 0 Å². The lowest BCUT2D eigenvalue weighted by atomic mass is 9.83. The lowest BCUT2D eigenvalue weighted by Crippen LogP contribution is -2.46. The summed E-state index contributed by atoms with van der Waals surface area (Å²) in [5.74, 6) is -1.55. The third-order valence-electron chi connectivity index (χ3n) is 4.48. The molecular weight excluding hydrogens is 333 g/mol. The number of nitrogens with one attached hydrogen (secondary N) is 1. The molecule has 0 bridgehead atoms. The van der Waals surface area contributed by atoms with Crippen LogP contribution in [0.1, 0.15) is 37.8 Å². The molecule has 0 saturated carbocycles. The largest absolute Gasteiger partial charge is 0.481 e. The monoisotopic (exact) mass is 357 g/mol. The second-order valence-corrected chi connectivity index (χ2v) is 6.93. The maximum atomic E-state index is 13.5. The van der Waals surface area contributed by atoms with Gasteiger partial charge in [-0.25, -0.2) is 4.39 Å². The van der Waals surface area contributed by atoms with Gasteiger partial charge in [-0.3, -0.25) is 9.59 Å². The number of amides is 1. The summed E-state index contributed by atoms with van der Waals surface area (Å²) in [6.45, 7) is 3.46. The van der Waals surface area contributed by atoms with E-state index in [0.717, 1.165) is 5.56 Å². The van der Waals surface area contributed by atoms with Crippen molar-refractivity contribution in [2.24, 2.45) is 0 Å². The van der Waals surface area contributed by atoms with E-state index in [1.165, 1.54) is 12.1 Å². The fourth-order valence-corrected chi connectivity index (χ4v) is 2.80. The Balaban J connectivity index is 2.14. The van der Waals surface area contributed by atoms with Crippen LogP contribution in [0.3, 0.4) is 0 Å². The summed E-state index contributed by atoms with van der Waals surface area (Å²) in [7, 11) is 0. The van der Waals surface area contributed by atoms with Crippen molar-refractivity contribution >= 4 is 11.9 Å². The average molecular weight is 357 g/mol. The van der Waals surface area contributed by atoms with Gasteiger partial charge in [0.05, 0.1) is 5.41 Å². The predicted octanol–water partition coefficient (Wildman–Crippen LogP) is 3.70. The van der Waals surface area contributed by atoms with E-state index in [-0.39, 0.29) is 18.4 Å². The third-order valence-corrected chi connectivity index (χ3v) is 4.48. The summed E-state index contributed by atoms with van der Waals surface area (Å²) in [4.78, 5) is 23.8. The first-order valence-electron chi connectivity index (χ1n) is 8.62. The number of rotatable bonds is 8. The highest BCUT2D eigenvalue weighted by Gasteiger charge is 2.31. The van der Waals surface area contributed by atoms with Gasteiger partial charge < -0.3 is 10.4 Å². The maximum Gasteiger partial charge on any atom is 0.303 e. The third kappa shape index (κ3) is 5.41. The number of carboxylic acids is 1. The van der Waals surface area contributed by atoms with E-state index in [0.29, 0.717) is 18.4 Å². The molecule has 2 aromatic rings. The number of carbonyl (C=O) groups is 2. The highest BCUT2D eigenvalue weighted by molar-refractivity contribution is 5.87. The van der Waals surface area contributed by atoms with Gasteiger partial charge >= 0.3 is 5.97 Å². The Kier molecular flexibility index (Phi) is 6.50. The molecular formula is C21H24FNO3. The zero-order valence-corrected chi connectivity index (χ0v) is 15.0. The molecule has 0 aliphatic rings. The number of hydrogen-bond acceptors (Lipinski definition) is 2. The van der Waals surface area contributed by atoms with Crippen LogP contribution in [0.15, 0.2) is 54.6 Å². The summed E-state index contributed by atoms with van der Waals surface area (Å²) in [6, 6.07) is 15.3. The molecule has 0 radical (unpaired) electrons. The smallest absolute Gasteiger partial charge is 0.303 e. The summed E-state index contributed by atoms with van der Waals surface area (Å²) >= 11 is 0. The molecule has 4 nitrogen and oxygen atoms in total. The second kappa shape index (κ2) is 8.61. The van der Waals surface area contributed by atoms with Crippen LogP contribution in [0.25, 0.3) is 0 Å². The molecule has 26 heavy (non-hydrogen) atoms. The summed E-state index contributed by atoms with van der Waals surface area (Å²) in [5, 5.41) is 11.9. The second-order valence-electron chi connectivity index (χ2n) is 6.93. The minimum Gasteiger partial charge on any atom is -0.481 e. The van der Waals surface area contributed by atoms with Gasteiger partial charge in [-0.1, -0.05) is 42.5 Å². The summed E-state index contributed by atoms with van der Waals surface area (Å²) < 4.78 is 13.5. The van der Waals surface area contributed by atoms with E-state index in [9.17, 15) is 14.0 Å². The van der Waals surface area contributed by atoms with Crippen LogP contribution in [-0.4, -0.2) is 23.0 Å². The lowest BCUT2D eigenvalue weighted by molar-refractivity contribution is -0.137. The highest BCUT2D eigenvalue weighted by Crippen LogP contribution is 2.24. The molecule has 0 aromatic heterocycles. The molecule has 2 N–H and O–H groups in total. The highest BCUT2D eigenvalue weighted by atomic mass is 19.1. The van der Waals surface area contributed by atoms with Crippen LogP contribution >= 0.6 is 0 Å². The van der Waals surface area contributed by atoms with Gasteiger partial charge in [0, 0.05) is 12.5 Å². The summed E-state index contributed by atoms with van der Waals surface area (Å²) in [6.07, 6.45) is 0.840. The Labute approximate surface area is 153 Å². The number of benzene rings is 2. The summed E-state index contributed by atoms with van der Waals surface area (Å²) in [5.41, 5.74) is 0.665. The van der Waals surface area contributed by atoms with Crippen molar-refractivity contribution in [1.82, 2.24) is 5.32 Å². The number of carboxylic acid groups (broad SMARTS) is 1. The first kappa shape index (κ1) is 19.6. The molecule has 2 aromatic carbocycles. The molecule has 1 atom stereocenters. The normalized spacial score (nSPS) is 12.4. The molecule has 1 unspecified atom stereocenters.